The Hall–Kier alpha value is -0.800. The van der Waals surface area contributed by atoms with Crippen molar-refractivity contribution in [2.75, 3.05) is 13.2 Å². The Kier molecular flexibility index (Phi) is 2.55. The Morgan fingerprint density at radius 1 is 1.67 bits per heavy atom. The second-order valence-corrected chi connectivity index (χ2v) is 3.36. The number of hydrogen-bond acceptors (Lipinski definition) is 3. The third-order valence-electron chi connectivity index (χ3n) is 2.21. The van der Waals surface area contributed by atoms with E-state index >= 15 is 0 Å². The molecule has 0 amide bonds. The highest BCUT2D eigenvalue weighted by Crippen LogP contribution is 2.25. The maximum absolute atomic E-state index is 9.14. The Morgan fingerprint density at radius 3 is 2.67 bits per heavy atom. The largest absolute Gasteiger partial charge is 0.468 e. The maximum Gasteiger partial charge on any atom is 0.116 e. The maximum atomic E-state index is 9.14. The van der Waals surface area contributed by atoms with Gasteiger partial charge in [-0.15, -0.1) is 0 Å². The van der Waals surface area contributed by atoms with Crippen LogP contribution in [0, 0.1) is 6.92 Å². The Labute approximate surface area is 72.2 Å². The molecule has 0 bridgehead atoms. The third-order valence-corrected chi connectivity index (χ3v) is 2.21. The fourth-order valence-electron chi connectivity index (χ4n) is 1.22. The quantitative estimate of drug-likeness (QED) is 0.703. The van der Waals surface area contributed by atoms with Crippen LogP contribution in [0.3, 0.4) is 0 Å². The van der Waals surface area contributed by atoms with E-state index < -0.39 is 5.41 Å². The lowest BCUT2D eigenvalue weighted by Crippen LogP contribution is -2.35. The van der Waals surface area contributed by atoms with E-state index in [0.29, 0.717) is 6.54 Å². The van der Waals surface area contributed by atoms with Crippen molar-refractivity contribution in [1.29, 1.82) is 0 Å². The van der Waals surface area contributed by atoms with E-state index in [2.05, 4.69) is 0 Å². The van der Waals surface area contributed by atoms with E-state index in [1.165, 1.54) is 0 Å². The van der Waals surface area contributed by atoms with Gasteiger partial charge in [0.05, 0.1) is 18.3 Å². The van der Waals surface area contributed by atoms with Gasteiger partial charge in [0.25, 0.3) is 0 Å². The van der Waals surface area contributed by atoms with Gasteiger partial charge in [0.1, 0.15) is 5.76 Å². The summed E-state index contributed by atoms with van der Waals surface area (Å²) in [6, 6.07) is 1.87. The summed E-state index contributed by atoms with van der Waals surface area (Å²) in [6.45, 7) is 4.23. The van der Waals surface area contributed by atoms with Crippen LogP contribution in [0.4, 0.5) is 0 Å². The monoisotopic (exact) mass is 169 g/mol. The summed E-state index contributed by atoms with van der Waals surface area (Å²) in [5.74, 6) is 0.785. The lowest BCUT2D eigenvalue weighted by Gasteiger charge is -2.23. The fourth-order valence-corrected chi connectivity index (χ4v) is 1.22. The van der Waals surface area contributed by atoms with Crippen molar-refractivity contribution >= 4 is 0 Å². The number of furan rings is 1. The summed E-state index contributed by atoms with van der Waals surface area (Å²) in [5, 5.41) is 9.14. The summed E-state index contributed by atoms with van der Waals surface area (Å²) in [6.07, 6.45) is 1.62. The van der Waals surface area contributed by atoms with Crippen molar-refractivity contribution in [3.8, 4) is 0 Å². The molecule has 1 atom stereocenters. The zero-order chi connectivity index (χ0) is 9.19. The summed E-state index contributed by atoms with van der Waals surface area (Å²) < 4.78 is 5.27. The number of rotatable bonds is 3. The summed E-state index contributed by atoms with van der Waals surface area (Å²) in [4.78, 5) is 0. The summed E-state index contributed by atoms with van der Waals surface area (Å²) in [7, 11) is 0. The van der Waals surface area contributed by atoms with E-state index in [1.54, 1.807) is 6.26 Å². The molecule has 0 aromatic carbocycles. The molecule has 1 unspecified atom stereocenters. The zero-order valence-electron chi connectivity index (χ0n) is 7.50. The summed E-state index contributed by atoms with van der Waals surface area (Å²) >= 11 is 0. The van der Waals surface area contributed by atoms with Gasteiger partial charge in [-0.05, 0) is 25.5 Å². The Balaban J connectivity index is 3.02. The van der Waals surface area contributed by atoms with E-state index in [9.17, 15) is 0 Å². The highest BCUT2D eigenvalue weighted by molar-refractivity contribution is 5.23. The van der Waals surface area contributed by atoms with E-state index in [4.69, 9.17) is 15.3 Å². The van der Waals surface area contributed by atoms with Gasteiger partial charge in [-0.3, -0.25) is 0 Å². The predicted octanol–water partition coefficient (Wildman–Crippen LogP) is 0.797. The zero-order valence-corrected chi connectivity index (χ0v) is 7.50. The van der Waals surface area contributed by atoms with Crippen LogP contribution in [-0.4, -0.2) is 18.3 Å². The topological polar surface area (TPSA) is 59.4 Å². The summed E-state index contributed by atoms with van der Waals surface area (Å²) in [5.41, 5.74) is 6.16. The number of aliphatic hydroxyl groups excluding tert-OH is 1. The molecule has 0 saturated heterocycles. The fraction of sp³-hybridized carbons (Fsp3) is 0.556. The molecule has 0 saturated carbocycles. The number of nitrogens with two attached hydrogens (primary N) is 1. The van der Waals surface area contributed by atoms with Crippen LogP contribution >= 0.6 is 0 Å². The van der Waals surface area contributed by atoms with Gasteiger partial charge in [-0.25, -0.2) is 0 Å². The van der Waals surface area contributed by atoms with Gasteiger partial charge in [0.15, 0.2) is 0 Å². The lowest BCUT2D eigenvalue weighted by molar-refractivity contribution is 0.188. The van der Waals surface area contributed by atoms with Crippen LogP contribution in [-0.2, 0) is 5.41 Å². The SMILES string of the molecule is Cc1ccoc1C(C)(CN)CO. The molecule has 1 rings (SSSR count). The molecule has 0 fully saturated rings. The van der Waals surface area contributed by atoms with Crippen molar-refractivity contribution in [3.63, 3.8) is 0 Å². The van der Waals surface area contributed by atoms with Gasteiger partial charge >= 0.3 is 0 Å². The predicted molar refractivity (Wildman–Crippen MR) is 46.9 cm³/mol. The number of aliphatic hydroxyl groups is 1. The molecule has 1 heterocycles. The third kappa shape index (κ3) is 1.38. The lowest BCUT2D eigenvalue weighted by atomic mass is 9.87. The first kappa shape index (κ1) is 9.29. The average Bonchev–Trinajstić information content (AvgIpc) is 2.51. The molecule has 1 aromatic rings. The van der Waals surface area contributed by atoms with Gasteiger partial charge in [0.2, 0.25) is 0 Å². The van der Waals surface area contributed by atoms with Crippen molar-refractivity contribution in [3.05, 3.63) is 23.7 Å². The molecule has 0 aliphatic rings. The van der Waals surface area contributed by atoms with Crippen LogP contribution in [0.1, 0.15) is 18.2 Å². The first-order valence-corrected chi connectivity index (χ1v) is 3.99. The molecule has 0 aliphatic heterocycles. The van der Waals surface area contributed by atoms with Crippen molar-refractivity contribution < 1.29 is 9.52 Å². The van der Waals surface area contributed by atoms with E-state index in [1.807, 2.05) is 19.9 Å². The van der Waals surface area contributed by atoms with Crippen LogP contribution in [0.25, 0.3) is 0 Å². The molecule has 1 aromatic heterocycles. The highest BCUT2D eigenvalue weighted by Gasteiger charge is 2.28. The minimum Gasteiger partial charge on any atom is -0.468 e. The molecule has 3 heteroatoms. The van der Waals surface area contributed by atoms with Crippen LogP contribution in [0.2, 0.25) is 0 Å². The van der Waals surface area contributed by atoms with Crippen molar-refractivity contribution in [2.24, 2.45) is 5.73 Å². The molecule has 68 valence electrons. The van der Waals surface area contributed by atoms with Crippen LogP contribution < -0.4 is 5.73 Å². The molecular formula is C9H15NO2. The first-order valence-electron chi connectivity index (χ1n) is 3.99. The van der Waals surface area contributed by atoms with Gasteiger partial charge in [-0.2, -0.15) is 0 Å². The van der Waals surface area contributed by atoms with Crippen LogP contribution in [0.5, 0.6) is 0 Å². The van der Waals surface area contributed by atoms with Crippen molar-refractivity contribution in [1.82, 2.24) is 0 Å². The smallest absolute Gasteiger partial charge is 0.116 e. The van der Waals surface area contributed by atoms with E-state index in [-0.39, 0.29) is 6.61 Å². The minimum absolute atomic E-state index is 0.0118. The highest BCUT2D eigenvalue weighted by atomic mass is 16.3. The normalized spacial score (nSPS) is 16.0. The molecule has 12 heavy (non-hydrogen) atoms. The first-order chi connectivity index (χ1) is 5.64. The Morgan fingerprint density at radius 2 is 2.33 bits per heavy atom. The second kappa shape index (κ2) is 3.29. The van der Waals surface area contributed by atoms with Gasteiger partial charge < -0.3 is 15.3 Å². The minimum atomic E-state index is -0.437. The molecule has 0 radical (unpaired) electrons. The molecule has 3 N–H and O–H groups in total. The molecule has 3 nitrogen and oxygen atoms in total. The molecule has 0 spiro atoms. The number of aryl methyl sites for hydroxylation is 1. The second-order valence-electron chi connectivity index (χ2n) is 3.36. The van der Waals surface area contributed by atoms with Gasteiger partial charge in [-0.1, -0.05) is 0 Å². The molecular weight excluding hydrogens is 154 g/mol. The Bertz CT molecular complexity index is 251. The van der Waals surface area contributed by atoms with Crippen LogP contribution in [0.15, 0.2) is 16.7 Å². The van der Waals surface area contributed by atoms with E-state index in [0.717, 1.165) is 11.3 Å². The van der Waals surface area contributed by atoms with Crippen molar-refractivity contribution in [2.45, 2.75) is 19.3 Å². The molecule has 0 aliphatic carbocycles. The standard InChI is InChI=1S/C9H15NO2/c1-7-3-4-12-8(7)9(2,5-10)6-11/h3-4,11H,5-6,10H2,1-2H3. The average molecular weight is 169 g/mol. The number of hydrogen-bond donors (Lipinski definition) is 2. The van der Waals surface area contributed by atoms with Gasteiger partial charge in [0, 0.05) is 6.54 Å².